The molecule has 22 heavy (non-hydrogen) atoms. The first-order chi connectivity index (χ1) is 10.5. The highest BCUT2D eigenvalue weighted by atomic mass is 32.2. The summed E-state index contributed by atoms with van der Waals surface area (Å²) in [6.45, 7) is 1.89. The number of sulfonamides is 1. The van der Waals surface area contributed by atoms with E-state index in [1.807, 2.05) is 6.92 Å². The Kier molecular flexibility index (Phi) is 3.51. The highest BCUT2D eigenvalue weighted by Gasteiger charge is 2.15. The second-order valence-corrected chi connectivity index (χ2v) is 6.45. The van der Waals surface area contributed by atoms with E-state index in [0.717, 1.165) is 5.56 Å². The largest absolute Gasteiger partial charge is 0.291 e. The van der Waals surface area contributed by atoms with Crippen LogP contribution in [0.25, 0.3) is 11.0 Å². The summed E-state index contributed by atoms with van der Waals surface area (Å²) in [5.41, 5.74) is 4.20. The van der Waals surface area contributed by atoms with Gasteiger partial charge in [-0.1, -0.05) is 17.7 Å². The quantitative estimate of drug-likeness (QED) is 0.695. The van der Waals surface area contributed by atoms with Crippen molar-refractivity contribution in [2.45, 2.75) is 11.8 Å². The maximum Gasteiger partial charge on any atom is 0.257 e. The number of fused-ring (bicyclic) bond motifs is 1. The maximum absolute atomic E-state index is 12.2. The van der Waals surface area contributed by atoms with Crippen LogP contribution in [0, 0.1) is 6.92 Å². The summed E-state index contributed by atoms with van der Waals surface area (Å²) in [5, 5.41) is 4.69. The zero-order chi connectivity index (χ0) is 15.7. The number of rotatable bonds is 4. The van der Waals surface area contributed by atoms with E-state index in [4.69, 9.17) is 0 Å². The highest BCUT2D eigenvalue weighted by molar-refractivity contribution is 7.89. The lowest BCUT2D eigenvalue weighted by molar-refractivity contribution is 0.587. The second-order valence-electron chi connectivity index (χ2n) is 4.77. The summed E-state index contributed by atoms with van der Waals surface area (Å²) in [6.07, 6.45) is 2.91. The van der Waals surface area contributed by atoms with Gasteiger partial charge in [-0.2, -0.15) is 5.10 Å². The Balaban J connectivity index is 1.86. The fraction of sp³-hybridized carbons (Fsp3) is 0.154. The zero-order valence-corrected chi connectivity index (χ0v) is 12.8. The van der Waals surface area contributed by atoms with Crippen LogP contribution in [0.3, 0.4) is 0 Å². The predicted molar refractivity (Wildman–Crippen MR) is 81.4 cm³/mol. The zero-order valence-electron chi connectivity index (χ0n) is 12.0. The summed E-state index contributed by atoms with van der Waals surface area (Å²) in [7, 11) is -1.94. The van der Waals surface area contributed by atoms with E-state index in [1.54, 1.807) is 42.2 Å². The van der Waals surface area contributed by atoms with Crippen molar-refractivity contribution in [3.8, 4) is 0 Å². The van der Waals surface area contributed by atoms with Crippen molar-refractivity contribution in [1.82, 2.24) is 24.6 Å². The Morgan fingerprint density at radius 1 is 1.14 bits per heavy atom. The SMILES string of the molecule is Cc1ccc(S(=O)(=O)NNc2ncnc3c2cnn3C)cc1. The lowest BCUT2D eigenvalue weighted by Gasteiger charge is -2.09. The maximum atomic E-state index is 12.2. The first-order valence-electron chi connectivity index (χ1n) is 6.44. The van der Waals surface area contributed by atoms with Crippen LogP contribution in [0.1, 0.15) is 5.56 Å². The minimum atomic E-state index is -3.69. The molecule has 1 aromatic carbocycles. The van der Waals surface area contributed by atoms with Crippen LogP contribution in [0.15, 0.2) is 41.7 Å². The molecule has 0 amide bonds. The van der Waals surface area contributed by atoms with Gasteiger partial charge in [-0.25, -0.2) is 18.4 Å². The van der Waals surface area contributed by atoms with Crippen LogP contribution < -0.4 is 10.3 Å². The number of hydrogen-bond donors (Lipinski definition) is 2. The molecule has 0 radical (unpaired) electrons. The molecule has 0 atom stereocenters. The minimum absolute atomic E-state index is 0.169. The van der Waals surface area contributed by atoms with E-state index in [0.29, 0.717) is 16.9 Å². The van der Waals surface area contributed by atoms with Crippen molar-refractivity contribution in [1.29, 1.82) is 0 Å². The van der Waals surface area contributed by atoms with Gasteiger partial charge in [0.25, 0.3) is 10.0 Å². The monoisotopic (exact) mass is 318 g/mol. The molecule has 0 spiro atoms. The van der Waals surface area contributed by atoms with Crippen LogP contribution >= 0.6 is 0 Å². The molecule has 114 valence electrons. The standard InChI is InChI=1S/C13H14N6O2S/c1-9-3-5-10(6-4-9)22(20,21)18-17-12-11-7-16-19(2)13(11)15-8-14-12/h3-8,18H,1-2H3,(H,14,15,17). The van der Waals surface area contributed by atoms with Gasteiger partial charge in [-0.3, -0.25) is 10.1 Å². The highest BCUT2D eigenvalue weighted by Crippen LogP contribution is 2.17. The Morgan fingerprint density at radius 2 is 1.86 bits per heavy atom. The van der Waals surface area contributed by atoms with Crippen molar-refractivity contribution in [2.75, 3.05) is 5.43 Å². The van der Waals surface area contributed by atoms with E-state index in [2.05, 4.69) is 25.3 Å². The summed E-state index contributed by atoms with van der Waals surface area (Å²) in [6, 6.07) is 6.55. The Morgan fingerprint density at radius 3 is 2.59 bits per heavy atom. The number of hydrogen-bond acceptors (Lipinski definition) is 6. The Bertz CT molecular complexity index is 917. The average Bonchev–Trinajstić information content (AvgIpc) is 2.88. The van der Waals surface area contributed by atoms with Gasteiger partial charge in [-0.05, 0) is 19.1 Å². The molecule has 0 unspecified atom stereocenters. The molecular formula is C13H14N6O2S. The van der Waals surface area contributed by atoms with Crippen LogP contribution in [-0.2, 0) is 17.1 Å². The number of anilines is 1. The molecule has 2 heterocycles. The molecule has 0 bridgehead atoms. The molecule has 8 nitrogen and oxygen atoms in total. The minimum Gasteiger partial charge on any atom is -0.291 e. The lowest BCUT2D eigenvalue weighted by atomic mass is 10.2. The number of aryl methyl sites for hydroxylation is 2. The molecule has 0 aliphatic rings. The van der Waals surface area contributed by atoms with Gasteiger partial charge in [0.1, 0.15) is 6.33 Å². The normalized spacial score (nSPS) is 11.7. The average molecular weight is 318 g/mol. The van der Waals surface area contributed by atoms with E-state index in [9.17, 15) is 8.42 Å². The molecular weight excluding hydrogens is 304 g/mol. The summed E-state index contributed by atoms with van der Waals surface area (Å²) >= 11 is 0. The third kappa shape index (κ3) is 2.63. The van der Waals surface area contributed by atoms with Gasteiger partial charge in [0.2, 0.25) is 0 Å². The topological polar surface area (TPSA) is 102 Å². The molecule has 2 N–H and O–H groups in total. The molecule has 3 rings (SSSR count). The van der Waals surface area contributed by atoms with E-state index in [1.165, 1.54) is 6.33 Å². The summed E-state index contributed by atoms with van der Waals surface area (Å²) in [5.74, 6) is 0.341. The molecule has 0 fully saturated rings. The van der Waals surface area contributed by atoms with Gasteiger partial charge >= 0.3 is 0 Å². The van der Waals surface area contributed by atoms with E-state index in [-0.39, 0.29) is 4.90 Å². The molecule has 0 saturated carbocycles. The molecule has 0 saturated heterocycles. The predicted octanol–water partition coefficient (Wildman–Crippen LogP) is 0.977. The van der Waals surface area contributed by atoms with Crippen molar-refractivity contribution in [3.05, 3.63) is 42.4 Å². The van der Waals surface area contributed by atoms with Gasteiger partial charge in [0.15, 0.2) is 11.5 Å². The molecule has 9 heteroatoms. The fourth-order valence-corrected chi connectivity index (χ4v) is 2.80. The van der Waals surface area contributed by atoms with Crippen LogP contribution in [0.5, 0.6) is 0 Å². The van der Waals surface area contributed by atoms with E-state index >= 15 is 0 Å². The van der Waals surface area contributed by atoms with Crippen molar-refractivity contribution >= 4 is 26.9 Å². The Hall–Kier alpha value is -2.52. The third-order valence-corrected chi connectivity index (χ3v) is 4.43. The van der Waals surface area contributed by atoms with Crippen molar-refractivity contribution < 1.29 is 8.42 Å². The van der Waals surface area contributed by atoms with Gasteiger partial charge < -0.3 is 0 Å². The molecule has 0 aliphatic heterocycles. The number of nitrogens with one attached hydrogen (secondary N) is 2. The summed E-state index contributed by atoms with van der Waals surface area (Å²) < 4.78 is 26.0. The smallest absolute Gasteiger partial charge is 0.257 e. The van der Waals surface area contributed by atoms with Crippen molar-refractivity contribution in [2.24, 2.45) is 7.05 Å². The third-order valence-electron chi connectivity index (χ3n) is 3.16. The van der Waals surface area contributed by atoms with Gasteiger partial charge in [0, 0.05) is 7.05 Å². The van der Waals surface area contributed by atoms with Crippen LogP contribution in [0.2, 0.25) is 0 Å². The molecule has 2 aromatic heterocycles. The number of aromatic nitrogens is 4. The van der Waals surface area contributed by atoms with Crippen LogP contribution in [-0.4, -0.2) is 28.2 Å². The van der Waals surface area contributed by atoms with Crippen molar-refractivity contribution in [3.63, 3.8) is 0 Å². The summed E-state index contributed by atoms with van der Waals surface area (Å²) in [4.78, 5) is 10.6. The molecule has 0 aliphatic carbocycles. The van der Waals surface area contributed by atoms with E-state index < -0.39 is 10.0 Å². The van der Waals surface area contributed by atoms with Gasteiger partial charge in [-0.15, -0.1) is 4.83 Å². The lowest BCUT2D eigenvalue weighted by Crippen LogP contribution is -2.30. The number of hydrazine groups is 1. The number of nitrogens with zero attached hydrogens (tertiary/aromatic N) is 4. The second kappa shape index (κ2) is 5.35. The fourth-order valence-electron chi connectivity index (χ4n) is 1.95. The first kappa shape index (κ1) is 14.4. The first-order valence-corrected chi connectivity index (χ1v) is 7.93. The Labute approximate surface area is 127 Å². The van der Waals surface area contributed by atoms with Crippen LogP contribution in [0.4, 0.5) is 5.82 Å². The number of benzene rings is 1. The molecule has 3 aromatic rings. The van der Waals surface area contributed by atoms with Gasteiger partial charge in [0.05, 0.1) is 16.5 Å².